The molecule has 122 valence electrons. The average Bonchev–Trinajstić information content (AvgIpc) is 3.13. The molecule has 0 radical (unpaired) electrons. The Hall–Kier alpha value is -2.53. The Balaban J connectivity index is 1.64. The van der Waals surface area contributed by atoms with Crippen LogP contribution in [0.4, 0.5) is 0 Å². The topological polar surface area (TPSA) is 47.8 Å². The van der Waals surface area contributed by atoms with E-state index >= 15 is 0 Å². The molecule has 0 aliphatic heterocycles. The van der Waals surface area contributed by atoms with E-state index in [2.05, 4.69) is 10.3 Å². The Bertz CT molecular complexity index is 828. The molecular formula is C19H19N3OS. The predicted molar refractivity (Wildman–Crippen MR) is 98.3 cm³/mol. The molecule has 2 aromatic carbocycles. The number of hydrogen-bond donors (Lipinski definition) is 0. The molecule has 3 aromatic rings. The van der Waals surface area contributed by atoms with Crippen LogP contribution in [0.1, 0.15) is 23.4 Å². The summed E-state index contributed by atoms with van der Waals surface area (Å²) in [6.45, 7) is 1.92. The van der Waals surface area contributed by atoms with Gasteiger partial charge in [-0.3, -0.25) is 4.21 Å². The van der Waals surface area contributed by atoms with Crippen LogP contribution >= 0.6 is 0 Å². The smallest absolute Gasteiger partial charge is 0.0984 e. The van der Waals surface area contributed by atoms with Crippen molar-refractivity contribution >= 4 is 16.9 Å². The first kappa shape index (κ1) is 16.3. The standard InChI is InChI=1S/C19H19N3OS/c1-16(24(23)14-8-11-17-9-4-2-5-10-17)19-15-22(21-20-19)18-12-6-3-7-13-18/h2-13,15-16H,14H2,1H3/b11-8+. The summed E-state index contributed by atoms with van der Waals surface area (Å²) in [5.74, 6) is 0.494. The highest BCUT2D eigenvalue weighted by atomic mass is 32.2. The molecule has 0 fully saturated rings. The molecule has 3 rings (SSSR count). The normalized spacial score (nSPS) is 13.9. The van der Waals surface area contributed by atoms with E-state index in [0.717, 1.165) is 16.9 Å². The molecule has 4 nitrogen and oxygen atoms in total. The van der Waals surface area contributed by atoms with Crippen molar-refractivity contribution in [2.24, 2.45) is 0 Å². The summed E-state index contributed by atoms with van der Waals surface area (Å²) in [7, 11) is -1.04. The molecular weight excluding hydrogens is 318 g/mol. The molecule has 0 saturated heterocycles. The fraction of sp³-hybridized carbons (Fsp3) is 0.158. The second kappa shape index (κ2) is 7.84. The first-order valence-corrected chi connectivity index (χ1v) is 9.18. The summed E-state index contributed by atoms with van der Waals surface area (Å²) in [5, 5.41) is 8.14. The fourth-order valence-electron chi connectivity index (χ4n) is 2.29. The van der Waals surface area contributed by atoms with Crippen molar-refractivity contribution in [2.45, 2.75) is 12.2 Å². The van der Waals surface area contributed by atoms with Gasteiger partial charge in [0.2, 0.25) is 0 Å². The molecule has 0 saturated carbocycles. The summed E-state index contributed by atoms with van der Waals surface area (Å²) >= 11 is 0. The number of nitrogens with zero attached hydrogens (tertiary/aromatic N) is 3. The third kappa shape index (κ3) is 4.06. The van der Waals surface area contributed by atoms with Crippen molar-refractivity contribution in [2.75, 3.05) is 5.75 Å². The Kier molecular flexibility index (Phi) is 5.33. The molecule has 0 spiro atoms. The van der Waals surface area contributed by atoms with Crippen molar-refractivity contribution in [1.29, 1.82) is 0 Å². The highest BCUT2D eigenvalue weighted by Gasteiger charge is 2.16. The predicted octanol–water partition coefficient (Wildman–Crippen LogP) is 3.79. The first-order valence-electron chi connectivity index (χ1n) is 7.80. The molecule has 0 N–H and O–H groups in total. The maximum Gasteiger partial charge on any atom is 0.0984 e. The SMILES string of the molecule is CC(c1cn(-c2ccccc2)nn1)S(=O)C/C=C/c1ccccc1. The minimum Gasteiger partial charge on any atom is -0.259 e. The minimum atomic E-state index is -1.04. The molecule has 0 aliphatic carbocycles. The minimum absolute atomic E-state index is 0.164. The largest absolute Gasteiger partial charge is 0.259 e. The van der Waals surface area contributed by atoms with Crippen LogP contribution in [0.3, 0.4) is 0 Å². The molecule has 1 aromatic heterocycles. The summed E-state index contributed by atoms with van der Waals surface area (Å²) in [4.78, 5) is 0. The Morgan fingerprint density at radius 2 is 1.75 bits per heavy atom. The van der Waals surface area contributed by atoms with Crippen molar-refractivity contribution in [3.63, 3.8) is 0 Å². The van der Waals surface area contributed by atoms with E-state index in [1.165, 1.54) is 0 Å². The van der Waals surface area contributed by atoms with Crippen LogP contribution in [0, 0.1) is 0 Å². The van der Waals surface area contributed by atoms with E-state index in [0.29, 0.717) is 5.75 Å². The highest BCUT2D eigenvalue weighted by molar-refractivity contribution is 7.85. The van der Waals surface area contributed by atoms with Gasteiger partial charge in [0, 0.05) is 16.6 Å². The molecule has 0 bridgehead atoms. The zero-order valence-electron chi connectivity index (χ0n) is 13.4. The number of para-hydroxylation sites is 1. The number of rotatable bonds is 6. The Labute approximate surface area is 144 Å². The molecule has 0 aliphatic rings. The van der Waals surface area contributed by atoms with E-state index in [4.69, 9.17) is 0 Å². The summed E-state index contributed by atoms with van der Waals surface area (Å²) in [6.07, 6.45) is 5.79. The van der Waals surface area contributed by atoms with E-state index in [1.54, 1.807) is 4.68 Å². The molecule has 24 heavy (non-hydrogen) atoms. The zero-order chi connectivity index (χ0) is 16.8. The van der Waals surface area contributed by atoms with Crippen LogP contribution in [0.5, 0.6) is 0 Å². The Morgan fingerprint density at radius 3 is 2.46 bits per heavy atom. The molecule has 1 heterocycles. The van der Waals surface area contributed by atoms with Gasteiger partial charge in [-0.15, -0.1) is 5.10 Å². The van der Waals surface area contributed by atoms with Gasteiger partial charge in [-0.25, -0.2) is 4.68 Å². The second-order valence-electron chi connectivity index (χ2n) is 5.43. The average molecular weight is 337 g/mol. The van der Waals surface area contributed by atoms with Crippen LogP contribution in [-0.4, -0.2) is 25.0 Å². The van der Waals surface area contributed by atoms with Crippen LogP contribution in [0.25, 0.3) is 11.8 Å². The van der Waals surface area contributed by atoms with Gasteiger partial charge in [-0.2, -0.15) is 0 Å². The first-order chi connectivity index (χ1) is 11.7. The van der Waals surface area contributed by atoms with Crippen LogP contribution in [0.15, 0.2) is 72.9 Å². The monoisotopic (exact) mass is 337 g/mol. The van der Waals surface area contributed by atoms with Gasteiger partial charge < -0.3 is 0 Å². The second-order valence-corrected chi connectivity index (χ2v) is 7.23. The van der Waals surface area contributed by atoms with Gasteiger partial charge in [0.05, 0.1) is 22.8 Å². The summed E-state index contributed by atoms with van der Waals surface area (Å²) in [5.41, 5.74) is 2.79. The van der Waals surface area contributed by atoms with Gasteiger partial charge >= 0.3 is 0 Å². The molecule has 2 unspecified atom stereocenters. The zero-order valence-corrected chi connectivity index (χ0v) is 14.3. The summed E-state index contributed by atoms with van der Waals surface area (Å²) < 4.78 is 14.2. The van der Waals surface area contributed by atoms with Gasteiger partial charge in [-0.1, -0.05) is 65.9 Å². The third-order valence-corrected chi connectivity index (χ3v) is 5.26. The van der Waals surface area contributed by atoms with Gasteiger partial charge in [0.25, 0.3) is 0 Å². The van der Waals surface area contributed by atoms with Crippen LogP contribution in [0.2, 0.25) is 0 Å². The maximum absolute atomic E-state index is 12.5. The molecule has 0 amide bonds. The van der Waals surface area contributed by atoms with Crippen molar-refractivity contribution in [3.05, 3.63) is 84.2 Å². The van der Waals surface area contributed by atoms with E-state index in [9.17, 15) is 4.21 Å². The molecule has 5 heteroatoms. The number of aromatic nitrogens is 3. The lowest BCUT2D eigenvalue weighted by atomic mass is 10.2. The van der Waals surface area contributed by atoms with Crippen molar-refractivity contribution in [3.8, 4) is 5.69 Å². The number of hydrogen-bond acceptors (Lipinski definition) is 3. The van der Waals surface area contributed by atoms with Gasteiger partial charge in [-0.05, 0) is 24.6 Å². The van der Waals surface area contributed by atoms with Gasteiger partial charge in [0.1, 0.15) is 0 Å². The lowest BCUT2D eigenvalue weighted by Gasteiger charge is -2.05. The quantitative estimate of drug-likeness (QED) is 0.687. The lowest BCUT2D eigenvalue weighted by molar-refractivity contribution is 0.676. The van der Waals surface area contributed by atoms with Gasteiger partial charge in [0.15, 0.2) is 0 Å². The molecule has 2 atom stereocenters. The summed E-state index contributed by atoms with van der Waals surface area (Å²) in [6, 6.07) is 19.8. The maximum atomic E-state index is 12.5. The number of benzene rings is 2. The van der Waals surface area contributed by atoms with E-state index in [-0.39, 0.29) is 5.25 Å². The third-order valence-electron chi connectivity index (χ3n) is 3.71. The highest BCUT2D eigenvalue weighted by Crippen LogP contribution is 2.18. The van der Waals surface area contributed by atoms with Crippen LogP contribution < -0.4 is 0 Å². The lowest BCUT2D eigenvalue weighted by Crippen LogP contribution is -2.05. The fourth-order valence-corrected chi connectivity index (χ4v) is 3.24. The Morgan fingerprint density at radius 1 is 1.08 bits per heavy atom. The van der Waals surface area contributed by atoms with E-state index < -0.39 is 10.8 Å². The van der Waals surface area contributed by atoms with E-state index in [1.807, 2.05) is 85.9 Å². The van der Waals surface area contributed by atoms with Crippen molar-refractivity contribution < 1.29 is 4.21 Å². The van der Waals surface area contributed by atoms with Crippen molar-refractivity contribution in [1.82, 2.24) is 15.0 Å². The van der Waals surface area contributed by atoms with Crippen LogP contribution in [-0.2, 0) is 10.8 Å².